The van der Waals surface area contributed by atoms with E-state index in [4.69, 9.17) is 14.2 Å². The molecule has 0 aromatic heterocycles. The van der Waals surface area contributed by atoms with Crippen LogP contribution in [0.2, 0.25) is 0 Å². The van der Waals surface area contributed by atoms with Gasteiger partial charge in [0, 0.05) is 11.4 Å². The van der Waals surface area contributed by atoms with E-state index in [-0.39, 0.29) is 30.9 Å². The van der Waals surface area contributed by atoms with E-state index < -0.39 is 11.2 Å². The van der Waals surface area contributed by atoms with Gasteiger partial charge in [0.25, 0.3) is 5.91 Å². The van der Waals surface area contributed by atoms with E-state index in [1.165, 1.54) is 11.8 Å². The maximum Gasteiger partial charge on any atom is 0.307 e. The van der Waals surface area contributed by atoms with Crippen LogP contribution in [0.3, 0.4) is 0 Å². The van der Waals surface area contributed by atoms with Gasteiger partial charge in [0.2, 0.25) is 5.91 Å². The molecule has 0 spiro atoms. The number of para-hydroxylation sites is 1. The molecule has 0 saturated carbocycles. The topological polar surface area (TPSA) is 94.2 Å². The summed E-state index contributed by atoms with van der Waals surface area (Å²) in [6, 6.07) is 13.1. The smallest absolute Gasteiger partial charge is 0.307 e. The predicted octanol–water partition coefficient (Wildman–Crippen LogP) is 3.17. The van der Waals surface area contributed by atoms with Gasteiger partial charge >= 0.3 is 5.97 Å². The van der Waals surface area contributed by atoms with Gasteiger partial charge in [-0.1, -0.05) is 18.2 Å². The first kappa shape index (κ1) is 21.6. The first-order valence-electron chi connectivity index (χ1n) is 11.0. The molecule has 5 rings (SSSR count). The molecule has 2 aromatic rings. The van der Waals surface area contributed by atoms with Crippen molar-refractivity contribution in [1.82, 2.24) is 4.90 Å². The Morgan fingerprint density at radius 3 is 2.82 bits per heavy atom. The van der Waals surface area contributed by atoms with Crippen LogP contribution < -0.4 is 14.8 Å². The first-order chi connectivity index (χ1) is 16.1. The van der Waals surface area contributed by atoms with Crippen molar-refractivity contribution >= 4 is 35.2 Å². The molecule has 33 heavy (non-hydrogen) atoms. The number of likely N-dealkylation sites (tertiary alicyclic amines) is 1. The van der Waals surface area contributed by atoms with Gasteiger partial charge in [-0.3, -0.25) is 14.4 Å². The molecule has 2 unspecified atom stereocenters. The molecule has 0 bridgehead atoms. The molecule has 1 saturated heterocycles. The van der Waals surface area contributed by atoms with Gasteiger partial charge in [-0.25, -0.2) is 0 Å². The highest BCUT2D eigenvalue weighted by atomic mass is 32.2. The Balaban J connectivity index is 1.17. The number of thioether (sulfide) groups is 1. The number of nitrogens with zero attached hydrogens (tertiary/aromatic N) is 1. The molecule has 9 heteroatoms. The lowest BCUT2D eigenvalue weighted by Gasteiger charge is -2.27. The summed E-state index contributed by atoms with van der Waals surface area (Å²) in [6.45, 7) is 1.30. The summed E-state index contributed by atoms with van der Waals surface area (Å²) >= 11 is 1.33. The number of ether oxygens (including phenoxy) is 3. The summed E-state index contributed by atoms with van der Waals surface area (Å²) in [5.74, 6) is 0.355. The van der Waals surface area contributed by atoms with E-state index >= 15 is 0 Å². The van der Waals surface area contributed by atoms with E-state index in [2.05, 4.69) is 5.32 Å². The van der Waals surface area contributed by atoms with Crippen LogP contribution in [0.5, 0.6) is 11.5 Å². The summed E-state index contributed by atoms with van der Waals surface area (Å²) in [5, 5.41) is 2.23. The Hall–Kier alpha value is -3.20. The molecular weight excluding hydrogens is 444 g/mol. The Labute approximate surface area is 195 Å². The minimum Gasteiger partial charge on any atom is -0.486 e. The van der Waals surface area contributed by atoms with E-state index in [0.717, 1.165) is 29.0 Å². The predicted molar refractivity (Wildman–Crippen MR) is 121 cm³/mol. The van der Waals surface area contributed by atoms with Crippen molar-refractivity contribution in [2.75, 3.05) is 31.7 Å². The lowest BCUT2D eigenvalue weighted by molar-refractivity contribution is -0.152. The molecule has 3 aliphatic heterocycles. The summed E-state index contributed by atoms with van der Waals surface area (Å²) in [4.78, 5) is 40.2. The van der Waals surface area contributed by atoms with Gasteiger partial charge in [0.15, 0.2) is 18.1 Å². The maximum atomic E-state index is 12.9. The summed E-state index contributed by atoms with van der Waals surface area (Å²) in [7, 11) is 0. The second kappa shape index (κ2) is 9.35. The van der Waals surface area contributed by atoms with Crippen molar-refractivity contribution in [1.29, 1.82) is 0 Å². The molecule has 2 atom stereocenters. The summed E-state index contributed by atoms with van der Waals surface area (Å²) < 4.78 is 16.5. The molecule has 0 aliphatic carbocycles. The van der Waals surface area contributed by atoms with E-state index in [1.54, 1.807) is 4.90 Å². The number of hydrogen-bond acceptors (Lipinski definition) is 7. The second-order valence-electron chi connectivity index (χ2n) is 8.10. The van der Waals surface area contributed by atoms with Crippen LogP contribution in [0.1, 0.15) is 30.9 Å². The minimum absolute atomic E-state index is 0.0935. The Kier molecular flexibility index (Phi) is 6.13. The van der Waals surface area contributed by atoms with Crippen molar-refractivity contribution < 1.29 is 28.6 Å². The normalized spacial score (nSPS) is 21.2. The monoisotopic (exact) mass is 468 g/mol. The van der Waals surface area contributed by atoms with Gasteiger partial charge in [0.1, 0.15) is 13.2 Å². The highest BCUT2D eigenvalue weighted by Gasteiger charge is 2.33. The number of carbonyl (C=O) groups is 3. The van der Waals surface area contributed by atoms with E-state index in [0.29, 0.717) is 31.3 Å². The number of nitrogens with one attached hydrogen (secondary N) is 1. The van der Waals surface area contributed by atoms with Crippen LogP contribution in [0.25, 0.3) is 0 Å². The van der Waals surface area contributed by atoms with Crippen molar-refractivity contribution in [2.45, 2.75) is 35.4 Å². The lowest BCUT2D eigenvalue weighted by atomic mass is 10.0. The third-order valence-corrected chi connectivity index (χ3v) is 7.21. The molecule has 3 aliphatic rings. The molecule has 0 radical (unpaired) electrons. The van der Waals surface area contributed by atoms with Gasteiger partial charge in [-0.2, -0.15) is 0 Å². The molecule has 2 aromatic carbocycles. The van der Waals surface area contributed by atoms with Gasteiger partial charge in [-0.05, 0) is 42.7 Å². The SMILES string of the molecule is O=C(CC1Sc2ccccc2NC1=O)OCC(=O)N1CCCC1c1ccc2c(c1)OCCO2. The second-order valence-corrected chi connectivity index (χ2v) is 9.35. The fourth-order valence-electron chi connectivity index (χ4n) is 4.34. The average Bonchev–Trinajstić information content (AvgIpc) is 3.33. The fourth-order valence-corrected chi connectivity index (χ4v) is 5.44. The van der Waals surface area contributed by atoms with Crippen LogP contribution in [-0.4, -0.2) is 54.3 Å². The standard InChI is InChI=1S/C24H24N2O6S/c27-22(14-32-23(28)13-21-24(29)25-16-4-1-2-6-20(16)33-21)26-9-3-5-17(26)15-7-8-18-19(12-15)31-11-10-30-18/h1-2,4,6-8,12,17,21H,3,5,9-11,13-14H2,(H,25,29). The first-order valence-corrected chi connectivity index (χ1v) is 11.9. The zero-order valence-corrected chi connectivity index (χ0v) is 18.8. The molecular formula is C24H24N2O6S. The fraction of sp³-hybridized carbons (Fsp3) is 0.375. The highest BCUT2D eigenvalue weighted by Crippen LogP contribution is 2.39. The average molecular weight is 469 g/mol. The number of fused-ring (bicyclic) bond motifs is 2. The summed E-state index contributed by atoms with van der Waals surface area (Å²) in [5.41, 5.74) is 1.72. The highest BCUT2D eigenvalue weighted by molar-refractivity contribution is 8.01. The Morgan fingerprint density at radius 1 is 1.12 bits per heavy atom. The van der Waals surface area contributed by atoms with E-state index in [1.807, 2.05) is 42.5 Å². The Morgan fingerprint density at radius 2 is 1.94 bits per heavy atom. The van der Waals surface area contributed by atoms with Crippen LogP contribution in [-0.2, 0) is 19.1 Å². The summed E-state index contributed by atoms with van der Waals surface area (Å²) in [6.07, 6.45) is 1.61. The number of anilines is 1. The van der Waals surface area contributed by atoms with Gasteiger partial charge < -0.3 is 24.4 Å². The third-order valence-electron chi connectivity index (χ3n) is 5.94. The van der Waals surface area contributed by atoms with Crippen molar-refractivity contribution in [3.05, 3.63) is 48.0 Å². The van der Waals surface area contributed by atoms with Gasteiger partial charge in [-0.15, -0.1) is 11.8 Å². The largest absolute Gasteiger partial charge is 0.486 e. The van der Waals surface area contributed by atoms with Crippen LogP contribution in [0, 0.1) is 0 Å². The van der Waals surface area contributed by atoms with Crippen LogP contribution in [0.4, 0.5) is 5.69 Å². The van der Waals surface area contributed by atoms with Gasteiger partial charge in [0.05, 0.1) is 23.4 Å². The zero-order chi connectivity index (χ0) is 22.8. The third kappa shape index (κ3) is 4.64. The lowest BCUT2D eigenvalue weighted by Crippen LogP contribution is -2.35. The number of amides is 2. The number of hydrogen-bond donors (Lipinski definition) is 1. The van der Waals surface area contributed by atoms with E-state index in [9.17, 15) is 14.4 Å². The minimum atomic E-state index is -0.584. The van der Waals surface area contributed by atoms with Crippen LogP contribution in [0.15, 0.2) is 47.4 Å². The molecule has 172 valence electrons. The number of rotatable bonds is 5. The Bertz CT molecular complexity index is 1090. The maximum absolute atomic E-state index is 12.9. The molecule has 1 N–H and O–H groups in total. The molecule has 8 nitrogen and oxygen atoms in total. The quantitative estimate of drug-likeness (QED) is 0.674. The zero-order valence-electron chi connectivity index (χ0n) is 18.0. The molecule has 3 heterocycles. The molecule has 1 fully saturated rings. The number of carbonyl (C=O) groups excluding carboxylic acids is 3. The van der Waals surface area contributed by atoms with Crippen molar-refractivity contribution in [3.63, 3.8) is 0 Å². The van der Waals surface area contributed by atoms with Crippen LogP contribution >= 0.6 is 11.8 Å². The van der Waals surface area contributed by atoms with Crippen molar-refractivity contribution in [2.24, 2.45) is 0 Å². The number of esters is 1. The molecule has 2 amide bonds. The van der Waals surface area contributed by atoms with Crippen molar-refractivity contribution in [3.8, 4) is 11.5 Å². The number of benzene rings is 2.